The Hall–Kier alpha value is -2.21. The van der Waals surface area contributed by atoms with Crippen LogP contribution in [0.4, 0.5) is 0 Å². The largest absolute Gasteiger partial charge is 0.337 e. The molecule has 2 aliphatic rings. The number of hydrogen-bond donors (Lipinski definition) is 0. The molecule has 132 valence electrons. The molecule has 0 spiro atoms. The lowest BCUT2D eigenvalue weighted by atomic mass is 10.0. The maximum atomic E-state index is 13.0. The van der Waals surface area contributed by atoms with E-state index in [1.807, 2.05) is 23.1 Å². The second kappa shape index (κ2) is 6.59. The Balaban J connectivity index is 1.58. The fourth-order valence-electron chi connectivity index (χ4n) is 4.43. The van der Waals surface area contributed by atoms with Crippen molar-refractivity contribution in [2.45, 2.75) is 44.3 Å². The van der Waals surface area contributed by atoms with E-state index in [-0.39, 0.29) is 17.9 Å². The molecular weight excluding hydrogens is 316 g/mol. The highest BCUT2D eigenvalue weighted by atomic mass is 16.2. The number of amides is 1. The first-order chi connectivity index (χ1) is 12.1. The number of benzene rings is 1. The number of para-hydroxylation sites is 1. The van der Waals surface area contributed by atoms with Gasteiger partial charge in [-0.15, -0.1) is 0 Å². The van der Waals surface area contributed by atoms with Gasteiger partial charge in [0, 0.05) is 24.0 Å². The van der Waals surface area contributed by atoms with E-state index < -0.39 is 0 Å². The van der Waals surface area contributed by atoms with E-state index in [2.05, 4.69) is 17.0 Å². The predicted octanol–water partition coefficient (Wildman–Crippen LogP) is 1.48. The van der Waals surface area contributed by atoms with Crippen molar-refractivity contribution >= 4 is 16.8 Å². The molecule has 1 aromatic carbocycles. The molecule has 2 saturated heterocycles. The standard InChI is InChI=1S/C19H24N4O2/c1-21-10-4-8-16(21)17-9-5-11-22(17)19(25)13-23-15-7-3-2-6-14(15)18(24)12-20-23/h2-3,6-7,12,16-17H,4-5,8-11,13H2,1H3/t16-,17-/m1/s1. The van der Waals surface area contributed by atoms with Gasteiger partial charge < -0.3 is 9.80 Å². The first-order valence-corrected chi connectivity index (χ1v) is 9.10. The Morgan fingerprint density at radius 2 is 1.92 bits per heavy atom. The minimum Gasteiger partial charge on any atom is -0.337 e. The summed E-state index contributed by atoms with van der Waals surface area (Å²) in [6.45, 7) is 2.13. The van der Waals surface area contributed by atoms with E-state index in [1.165, 1.54) is 19.0 Å². The van der Waals surface area contributed by atoms with Crippen LogP contribution >= 0.6 is 0 Å². The molecule has 2 aromatic rings. The molecule has 0 aliphatic carbocycles. The van der Waals surface area contributed by atoms with Crippen molar-refractivity contribution in [2.75, 3.05) is 20.1 Å². The lowest BCUT2D eigenvalue weighted by Gasteiger charge is -2.33. The van der Waals surface area contributed by atoms with Crippen LogP contribution in [-0.4, -0.2) is 57.7 Å². The monoisotopic (exact) mass is 340 g/mol. The molecule has 0 radical (unpaired) electrons. The van der Waals surface area contributed by atoms with Crippen LogP contribution < -0.4 is 5.43 Å². The number of rotatable bonds is 3. The summed E-state index contributed by atoms with van der Waals surface area (Å²) in [7, 11) is 2.16. The molecule has 2 atom stereocenters. The normalized spacial score (nSPS) is 24.3. The second-order valence-corrected chi connectivity index (χ2v) is 7.17. The number of likely N-dealkylation sites (tertiary alicyclic amines) is 2. The van der Waals surface area contributed by atoms with Gasteiger partial charge in [-0.05, 0) is 51.4 Å². The van der Waals surface area contributed by atoms with Crippen molar-refractivity contribution in [3.8, 4) is 0 Å². The molecule has 0 bridgehead atoms. The van der Waals surface area contributed by atoms with Crippen LogP contribution in [0.25, 0.3) is 10.9 Å². The number of carbonyl (C=O) groups excluding carboxylic acids is 1. The maximum absolute atomic E-state index is 13.0. The lowest BCUT2D eigenvalue weighted by molar-refractivity contribution is -0.133. The fraction of sp³-hybridized carbons (Fsp3) is 0.526. The van der Waals surface area contributed by atoms with Crippen LogP contribution in [0.2, 0.25) is 0 Å². The Kier molecular flexibility index (Phi) is 4.29. The highest BCUT2D eigenvalue weighted by molar-refractivity contribution is 5.81. The van der Waals surface area contributed by atoms with Gasteiger partial charge in [0.05, 0.1) is 11.7 Å². The summed E-state index contributed by atoms with van der Waals surface area (Å²) in [4.78, 5) is 29.4. The van der Waals surface area contributed by atoms with Gasteiger partial charge in [-0.3, -0.25) is 14.3 Å². The van der Waals surface area contributed by atoms with Crippen LogP contribution in [-0.2, 0) is 11.3 Å². The van der Waals surface area contributed by atoms with Crippen LogP contribution in [0.15, 0.2) is 35.3 Å². The smallest absolute Gasteiger partial charge is 0.244 e. The van der Waals surface area contributed by atoms with Crippen molar-refractivity contribution in [2.24, 2.45) is 0 Å². The highest BCUT2D eigenvalue weighted by Gasteiger charge is 2.38. The van der Waals surface area contributed by atoms with Crippen LogP contribution in [0.5, 0.6) is 0 Å². The summed E-state index contributed by atoms with van der Waals surface area (Å²) in [6.07, 6.45) is 5.84. The predicted molar refractivity (Wildman–Crippen MR) is 96.4 cm³/mol. The van der Waals surface area contributed by atoms with Crippen LogP contribution in [0, 0.1) is 0 Å². The average molecular weight is 340 g/mol. The SMILES string of the molecule is CN1CCC[C@@H]1[C@H]1CCCN1C(=O)Cn1ncc(=O)c2ccccc21. The minimum atomic E-state index is -0.106. The summed E-state index contributed by atoms with van der Waals surface area (Å²) in [5, 5.41) is 4.81. The van der Waals surface area contributed by atoms with Gasteiger partial charge in [0.15, 0.2) is 0 Å². The quantitative estimate of drug-likeness (QED) is 0.849. The Morgan fingerprint density at radius 3 is 2.72 bits per heavy atom. The number of nitrogens with zero attached hydrogens (tertiary/aromatic N) is 4. The molecule has 2 aliphatic heterocycles. The molecule has 25 heavy (non-hydrogen) atoms. The summed E-state index contributed by atoms with van der Waals surface area (Å²) >= 11 is 0. The molecule has 1 aromatic heterocycles. The number of aromatic nitrogens is 2. The van der Waals surface area contributed by atoms with Gasteiger partial charge in [0.25, 0.3) is 0 Å². The summed E-state index contributed by atoms with van der Waals surface area (Å²) in [5.41, 5.74) is 0.614. The van der Waals surface area contributed by atoms with Crippen LogP contribution in [0.1, 0.15) is 25.7 Å². The Labute approximate surface area is 147 Å². The molecule has 0 saturated carbocycles. The van der Waals surface area contributed by atoms with Gasteiger partial charge in [0.2, 0.25) is 11.3 Å². The van der Waals surface area contributed by atoms with Gasteiger partial charge in [-0.25, -0.2) is 0 Å². The molecule has 6 nitrogen and oxygen atoms in total. The van der Waals surface area contributed by atoms with Crippen LogP contribution in [0.3, 0.4) is 0 Å². The van der Waals surface area contributed by atoms with E-state index in [0.717, 1.165) is 31.4 Å². The number of likely N-dealkylation sites (N-methyl/N-ethyl adjacent to an activating group) is 1. The summed E-state index contributed by atoms with van der Waals surface area (Å²) < 4.78 is 1.66. The van der Waals surface area contributed by atoms with Crippen molar-refractivity contribution in [3.05, 3.63) is 40.7 Å². The second-order valence-electron chi connectivity index (χ2n) is 7.17. The molecule has 2 fully saturated rings. The topological polar surface area (TPSA) is 58.4 Å². The Morgan fingerprint density at radius 1 is 1.16 bits per heavy atom. The van der Waals surface area contributed by atoms with Crippen molar-refractivity contribution in [3.63, 3.8) is 0 Å². The highest BCUT2D eigenvalue weighted by Crippen LogP contribution is 2.29. The lowest BCUT2D eigenvalue weighted by Crippen LogP contribution is -2.48. The molecule has 3 heterocycles. The number of carbonyl (C=O) groups is 1. The van der Waals surface area contributed by atoms with E-state index in [0.29, 0.717) is 17.5 Å². The first-order valence-electron chi connectivity index (χ1n) is 9.10. The fourth-order valence-corrected chi connectivity index (χ4v) is 4.43. The van der Waals surface area contributed by atoms with E-state index in [1.54, 1.807) is 10.7 Å². The van der Waals surface area contributed by atoms with E-state index in [9.17, 15) is 9.59 Å². The third-order valence-electron chi connectivity index (χ3n) is 5.69. The summed E-state index contributed by atoms with van der Waals surface area (Å²) in [6, 6.07) is 8.13. The molecule has 6 heteroatoms. The molecular formula is C19H24N4O2. The van der Waals surface area contributed by atoms with Gasteiger partial charge in [-0.2, -0.15) is 5.10 Å². The molecule has 1 amide bonds. The summed E-state index contributed by atoms with van der Waals surface area (Å²) in [5.74, 6) is 0.101. The minimum absolute atomic E-state index is 0.101. The molecule has 4 rings (SSSR count). The number of hydrogen-bond acceptors (Lipinski definition) is 4. The molecule has 0 unspecified atom stereocenters. The number of fused-ring (bicyclic) bond motifs is 1. The van der Waals surface area contributed by atoms with E-state index in [4.69, 9.17) is 0 Å². The zero-order chi connectivity index (χ0) is 17.4. The van der Waals surface area contributed by atoms with Gasteiger partial charge in [-0.1, -0.05) is 12.1 Å². The van der Waals surface area contributed by atoms with Gasteiger partial charge in [0.1, 0.15) is 6.54 Å². The molecule has 0 N–H and O–H groups in total. The first kappa shape index (κ1) is 16.3. The van der Waals surface area contributed by atoms with Crippen molar-refractivity contribution < 1.29 is 4.79 Å². The van der Waals surface area contributed by atoms with E-state index >= 15 is 0 Å². The Bertz CT molecular complexity index is 847. The van der Waals surface area contributed by atoms with Crippen molar-refractivity contribution in [1.82, 2.24) is 19.6 Å². The zero-order valence-corrected chi connectivity index (χ0v) is 14.6. The average Bonchev–Trinajstić information content (AvgIpc) is 3.26. The zero-order valence-electron chi connectivity index (χ0n) is 14.6. The third kappa shape index (κ3) is 2.95. The third-order valence-corrected chi connectivity index (χ3v) is 5.69. The maximum Gasteiger partial charge on any atom is 0.244 e. The van der Waals surface area contributed by atoms with Gasteiger partial charge >= 0.3 is 0 Å². The van der Waals surface area contributed by atoms with Crippen molar-refractivity contribution in [1.29, 1.82) is 0 Å².